The Labute approximate surface area is 119 Å². The summed E-state index contributed by atoms with van der Waals surface area (Å²) in [6.45, 7) is 6.46. The van der Waals surface area contributed by atoms with Gasteiger partial charge >= 0.3 is 0 Å². The highest BCUT2D eigenvalue weighted by molar-refractivity contribution is 5.96. The van der Waals surface area contributed by atoms with E-state index in [1.165, 1.54) is 5.56 Å². The number of benzene rings is 1. The lowest BCUT2D eigenvalue weighted by molar-refractivity contribution is 0.0783. The Balaban J connectivity index is 2.11. The van der Waals surface area contributed by atoms with Gasteiger partial charge in [0, 0.05) is 19.3 Å². The molecule has 1 aromatic heterocycles. The smallest absolute Gasteiger partial charge is 0.257 e. The number of nitrogens with one attached hydrogen (secondary N) is 1. The highest BCUT2D eigenvalue weighted by Gasteiger charge is 2.19. The van der Waals surface area contributed by atoms with E-state index in [1.807, 2.05) is 20.9 Å². The average molecular weight is 271 g/mol. The van der Waals surface area contributed by atoms with Gasteiger partial charge in [0.25, 0.3) is 5.91 Å². The van der Waals surface area contributed by atoms with Crippen LogP contribution < -0.4 is 0 Å². The molecule has 1 N–H and O–H groups in total. The SMILES string of the molecule is CCc1ccc(CN(C)C(=O)c2c(C)n[nH]c2C)cc1. The first-order valence-electron chi connectivity index (χ1n) is 6.87. The number of rotatable bonds is 4. The fourth-order valence-electron chi connectivity index (χ4n) is 2.28. The molecule has 0 atom stereocenters. The van der Waals surface area contributed by atoms with E-state index < -0.39 is 0 Å². The first-order chi connectivity index (χ1) is 9.52. The first-order valence-corrected chi connectivity index (χ1v) is 6.87. The molecule has 0 unspecified atom stereocenters. The lowest BCUT2D eigenvalue weighted by Gasteiger charge is -2.17. The van der Waals surface area contributed by atoms with Gasteiger partial charge in [-0.2, -0.15) is 5.10 Å². The molecule has 0 fully saturated rings. The number of carbonyl (C=O) groups excluding carboxylic acids is 1. The minimum absolute atomic E-state index is 0.00770. The molecule has 0 saturated carbocycles. The molecule has 0 radical (unpaired) electrons. The third kappa shape index (κ3) is 2.90. The molecule has 1 heterocycles. The molecule has 1 amide bonds. The van der Waals surface area contributed by atoms with E-state index in [2.05, 4.69) is 41.4 Å². The maximum atomic E-state index is 12.4. The van der Waals surface area contributed by atoms with Gasteiger partial charge in [-0.15, -0.1) is 0 Å². The van der Waals surface area contributed by atoms with Gasteiger partial charge in [-0.1, -0.05) is 31.2 Å². The van der Waals surface area contributed by atoms with Crippen LogP contribution in [0.4, 0.5) is 0 Å². The van der Waals surface area contributed by atoms with E-state index in [4.69, 9.17) is 0 Å². The topological polar surface area (TPSA) is 49.0 Å². The van der Waals surface area contributed by atoms with Crippen LogP contribution in [0.3, 0.4) is 0 Å². The van der Waals surface area contributed by atoms with Crippen LogP contribution in [-0.4, -0.2) is 28.1 Å². The number of amides is 1. The van der Waals surface area contributed by atoms with Crippen molar-refractivity contribution in [2.24, 2.45) is 0 Å². The summed E-state index contributed by atoms with van der Waals surface area (Å²) < 4.78 is 0. The summed E-state index contributed by atoms with van der Waals surface area (Å²) >= 11 is 0. The molecular weight excluding hydrogens is 250 g/mol. The number of aryl methyl sites for hydroxylation is 3. The van der Waals surface area contributed by atoms with Crippen molar-refractivity contribution < 1.29 is 4.79 Å². The van der Waals surface area contributed by atoms with Gasteiger partial charge in [0.15, 0.2) is 0 Å². The minimum Gasteiger partial charge on any atom is -0.337 e. The summed E-state index contributed by atoms with van der Waals surface area (Å²) in [4.78, 5) is 14.2. The number of aromatic amines is 1. The fourth-order valence-corrected chi connectivity index (χ4v) is 2.28. The zero-order chi connectivity index (χ0) is 14.7. The molecule has 0 aliphatic heterocycles. The Kier molecular flexibility index (Phi) is 4.23. The number of H-pyrrole nitrogens is 1. The summed E-state index contributed by atoms with van der Waals surface area (Å²) in [7, 11) is 1.82. The Morgan fingerprint density at radius 1 is 1.20 bits per heavy atom. The molecular formula is C16H21N3O. The van der Waals surface area contributed by atoms with Crippen molar-refractivity contribution in [3.8, 4) is 0 Å². The van der Waals surface area contributed by atoms with Gasteiger partial charge in [0.05, 0.1) is 11.3 Å². The maximum Gasteiger partial charge on any atom is 0.257 e. The van der Waals surface area contributed by atoms with Gasteiger partial charge in [0.2, 0.25) is 0 Å². The predicted octanol–water partition coefficient (Wildman–Crippen LogP) is 2.86. The molecule has 106 valence electrons. The quantitative estimate of drug-likeness (QED) is 0.929. The highest BCUT2D eigenvalue weighted by atomic mass is 16.2. The van der Waals surface area contributed by atoms with Crippen molar-refractivity contribution in [2.75, 3.05) is 7.05 Å². The normalized spacial score (nSPS) is 10.6. The van der Waals surface area contributed by atoms with Gasteiger partial charge in [-0.3, -0.25) is 9.89 Å². The predicted molar refractivity (Wildman–Crippen MR) is 79.7 cm³/mol. The summed E-state index contributed by atoms with van der Waals surface area (Å²) in [6, 6.07) is 8.39. The second-order valence-corrected chi connectivity index (χ2v) is 5.14. The van der Waals surface area contributed by atoms with Crippen molar-refractivity contribution >= 4 is 5.91 Å². The highest BCUT2D eigenvalue weighted by Crippen LogP contribution is 2.14. The van der Waals surface area contributed by atoms with Crippen LogP contribution in [0.25, 0.3) is 0 Å². The Morgan fingerprint density at radius 3 is 2.30 bits per heavy atom. The summed E-state index contributed by atoms with van der Waals surface area (Å²) in [5.74, 6) is 0.00770. The van der Waals surface area contributed by atoms with Gasteiger partial charge in [-0.05, 0) is 31.4 Å². The molecule has 2 rings (SSSR count). The van der Waals surface area contributed by atoms with Crippen LogP contribution in [0.2, 0.25) is 0 Å². The second-order valence-electron chi connectivity index (χ2n) is 5.14. The molecule has 2 aromatic rings. The van der Waals surface area contributed by atoms with Gasteiger partial charge in [0.1, 0.15) is 0 Å². The summed E-state index contributed by atoms with van der Waals surface area (Å²) in [5, 5.41) is 6.93. The van der Waals surface area contributed by atoms with Crippen LogP contribution in [0, 0.1) is 13.8 Å². The molecule has 0 saturated heterocycles. The third-order valence-corrected chi connectivity index (χ3v) is 3.54. The maximum absolute atomic E-state index is 12.4. The molecule has 4 heteroatoms. The van der Waals surface area contributed by atoms with Crippen molar-refractivity contribution in [2.45, 2.75) is 33.7 Å². The van der Waals surface area contributed by atoms with Crippen molar-refractivity contribution in [3.05, 3.63) is 52.3 Å². The largest absolute Gasteiger partial charge is 0.337 e. The van der Waals surface area contributed by atoms with Crippen LogP contribution in [0.15, 0.2) is 24.3 Å². The van der Waals surface area contributed by atoms with E-state index in [9.17, 15) is 4.79 Å². The van der Waals surface area contributed by atoms with Crippen molar-refractivity contribution in [3.63, 3.8) is 0 Å². The molecule has 0 aliphatic carbocycles. The summed E-state index contributed by atoms with van der Waals surface area (Å²) in [5.41, 5.74) is 4.69. The molecule has 4 nitrogen and oxygen atoms in total. The van der Waals surface area contributed by atoms with E-state index in [0.717, 1.165) is 23.4 Å². The van der Waals surface area contributed by atoms with Crippen molar-refractivity contribution in [1.29, 1.82) is 0 Å². The van der Waals surface area contributed by atoms with Crippen LogP contribution >= 0.6 is 0 Å². The van der Waals surface area contributed by atoms with Gasteiger partial charge < -0.3 is 4.90 Å². The molecule has 0 bridgehead atoms. The number of carbonyl (C=O) groups is 1. The van der Waals surface area contributed by atoms with Crippen LogP contribution in [0.5, 0.6) is 0 Å². The first kappa shape index (κ1) is 14.3. The number of aromatic nitrogens is 2. The standard InChI is InChI=1S/C16H21N3O/c1-5-13-6-8-14(9-7-13)10-19(4)16(20)15-11(2)17-18-12(15)3/h6-9H,5,10H2,1-4H3,(H,17,18). The summed E-state index contributed by atoms with van der Waals surface area (Å²) in [6.07, 6.45) is 1.03. The number of hydrogen-bond donors (Lipinski definition) is 1. The van der Waals surface area contributed by atoms with Gasteiger partial charge in [-0.25, -0.2) is 0 Å². The monoisotopic (exact) mass is 271 g/mol. The fraction of sp³-hybridized carbons (Fsp3) is 0.375. The van der Waals surface area contributed by atoms with E-state index in [-0.39, 0.29) is 5.91 Å². The van der Waals surface area contributed by atoms with Crippen molar-refractivity contribution in [1.82, 2.24) is 15.1 Å². The lowest BCUT2D eigenvalue weighted by Crippen LogP contribution is -2.27. The second kappa shape index (κ2) is 5.90. The minimum atomic E-state index is 0.00770. The zero-order valence-corrected chi connectivity index (χ0v) is 12.5. The number of hydrogen-bond acceptors (Lipinski definition) is 2. The Morgan fingerprint density at radius 2 is 1.80 bits per heavy atom. The van der Waals surface area contributed by atoms with E-state index in [1.54, 1.807) is 4.90 Å². The van der Waals surface area contributed by atoms with E-state index >= 15 is 0 Å². The Hall–Kier alpha value is -2.10. The number of nitrogens with zero attached hydrogens (tertiary/aromatic N) is 2. The molecule has 0 spiro atoms. The van der Waals surface area contributed by atoms with E-state index in [0.29, 0.717) is 12.1 Å². The molecule has 20 heavy (non-hydrogen) atoms. The zero-order valence-electron chi connectivity index (χ0n) is 12.5. The lowest BCUT2D eigenvalue weighted by atomic mass is 10.1. The molecule has 0 aliphatic rings. The Bertz CT molecular complexity index is 579. The molecule has 1 aromatic carbocycles. The van der Waals surface area contributed by atoms with Crippen LogP contribution in [-0.2, 0) is 13.0 Å². The third-order valence-electron chi connectivity index (χ3n) is 3.54. The average Bonchev–Trinajstić information content (AvgIpc) is 2.78. The van der Waals surface area contributed by atoms with Crippen LogP contribution in [0.1, 0.15) is 39.8 Å².